The van der Waals surface area contributed by atoms with Crippen molar-refractivity contribution in [3.05, 3.63) is 24.5 Å². The van der Waals surface area contributed by atoms with Crippen LogP contribution in [0.15, 0.2) is 24.5 Å². The third kappa shape index (κ3) is 4.50. The minimum Gasteiger partial charge on any atom is -0.491 e. The number of nitrogens with one attached hydrogen (secondary N) is 1. The molecule has 0 amide bonds. The molecular weight excluding hydrogens is 340 g/mol. The molecule has 27 heavy (non-hydrogen) atoms. The lowest BCUT2D eigenvalue weighted by Crippen LogP contribution is -2.46. The zero-order valence-corrected chi connectivity index (χ0v) is 16.4. The smallest absolute Gasteiger partial charge is 0.137 e. The fraction of sp³-hybridized carbons (Fsp3) is 0.619. The van der Waals surface area contributed by atoms with Gasteiger partial charge in [-0.15, -0.1) is 0 Å². The molecule has 2 aromatic rings. The summed E-state index contributed by atoms with van der Waals surface area (Å²) in [6, 6.07) is 7.22. The van der Waals surface area contributed by atoms with E-state index in [9.17, 15) is 0 Å². The maximum Gasteiger partial charge on any atom is 0.137 e. The molecular formula is C21H30N4O2. The Labute approximate surface area is 161 Å². The van der Waals surface area contributed by atoms with Crippen molar-refractivity contribution in [2.24, 2.45) is 0 Å². The van der Waals surface area contributed by atoms with Gasteiger partial charge < -0.3 is 14.8 Å². The fourth-order valence-electron chi connectivity index (χ4n) is 4.22. The normalized spacial score (nSPS) is 24.3. The van der Waals surface area contributed by atoms with E-state index in [1.54, 1.807) is 6.33 Å². The molecule has 6 nitrogen and oxygen atoms in total. The minimum absolute atomic E-state index is 0.152. The van der Waals surface area contributed by atoms with E-state index in [1.165, 1.54) is 25.7 Å². The molecule has 146 valence electrons. The van der Waals surface area contributed by atoms with Crippen LogP contribution in [0.3, 0.4) is 0 Å². The van der Waals surface area contributed by atoms with Gasteiger partial charge in [0.25, 0.3) is 0 Å². The third-order valence-corrected chi connectivity index (χ3v) is 5.58. The summed E-state index contributed by atoms with van der Waals surface area (Å²) < 4.78 is 11.3. The summed E-state index contributed by atoms with van der Waals surface area (Å²) in [6.07, 6.45) is 6.63. The van der Waals surface area contributed by atoms with Crippen LogP contribution in [0.4, 0.5) is 5.82 Å². The summed E-state index contributed by atoms with van der Waals surface area (Å²) in [4.78, 5) is 11.5. The second kappa shape index (κ2) is 8.40. The van der Waals surface area contributed by atoms with Crippen molar-refractivity contribution in [1.29, 1.82) is 0 Å². The molecule has 1 saturated carbocycles. The largest absolute Gasteiger partial charge is 0.491 e. The van der Waals surface area contributed by atoms with Gasteiger partial charge in [0.05, 0.1) is 24.8 Å². The molecule has 0 spiro atoms. The second-order valence-corrected chi connectivity index (χ2v) is 7.87. The zero-order valence-electron chi connectivity index (χ0n) is 16.4. The van der Waals surface area contributed by atoms with Gasteiger partial charge >= 0.3 is 0 Å². The van der Waals surface area contributed by atoms with E-state index in [0.29, 0.717) is 12.1 Å². The maximum absolute atomic E-state index is 5.85. The summed E-state index contributed by atoms with van der Waals surface area (Å²) in [6.45, 7) is 8.00. The average Bonchev–Trinajstić information content (AvgIpc) is 2.69. The van der Waals surface area contributed by atoms with Gasteiger partial charge in [-0.3, -0.25) is 4.90 Å². The number of nitrogens with zero attached hydrogens (tertiary/aromatic N) is 3. The Balaban J connectivity index is 1.42. The Bertz CT molecular complexity index is 753. The van der Waals surface area contributed by atoms with Gasteiger partial charge in [0.15, 0.2) is 0 Å². The van der Waals surface area contributed by atoms with E-state index in [4.69, 9.17) is 9.47 Å². The number of morpholine rings is 1. The van der Waals surface area contributed by atoms with Gasteiger partial charge in [-0.05, 0) is 57.7 Å². The van der Waals surface area contributed by atoms with Crippen LogP contribution in [-0.2, 0) is 4.74 Å². The third-order valence-electron chi connectivity index (χ3n) is 5.58. The highest BCUT2D eigenvalue weighted by molar-refractivity contribution is 5.90. The molecule has 1 aromatic carbocycles. The van der Waals surface area contributed by atoms with Crippen molar-refractivity contribution >= 4 is 16.7 Å². The highest BCUT2D eigenvalue weighted by Crippen LogP contribution is 2.29. The highest BCUT2D eigenvalue weighted by atomic mass is 16.5. The van der Waals surface area contributed by atoms with Crippen molar-refractivity contribution in [2.45, 2.75) is 57.7 Å². The molecule has 0 unspecified atom stereocenters. The lowest BCUT2D eigenvalue weighted by molar-refractivity contribution is 0.00791. The van der Waals surface area contributed by atoms with Crippen LogP contribution in [0.2, 0.25) is 0 Å². The topological polar surface area (TPSA) is 59.5 Å². The van der Waals surface area contributed by atoms with Crippen LogP contribution < -0.4 is 10.1 Å². The van der Waals surface area contributed by atoms with Gasteiger partial charge in [0.2, 0.25) is 0 Å². The Kier molecular flexibility index (Phi) is 5.74. The molecule has 6 heteroatoms. The first-order valence-corrected chi connectivity index (χ1v) is 10.2. The van der Waals surface area contributed by atoms with Crippen molar-refractivity contribution < 1.29 is 9.47 Å². The first-order chi connectivity index (χ1) is 13.2. The predicted molar refractivity (Wildman–Crippen MR) is 107 cm³/mol. The van der Waals surface area contributed by atoms with Crippen LogP contribution in [-0.4, -0.2) is 59.4 Å². The van der Waals surface area contributed by atoms with E-state index >= 15 is 0 Å². The lowest BCUT2D eigenvalue weighted by atomic mass is 9.90. The van der Waals surface area contributed by atoms with E-state index in [1.807, 2.05) is 26.0 Å². The number of hydrogen-bond acceptors (Lipinski definition) is 6. The summed E-state index contributed by atoms with van der Waals surface area (Å²) in [5.74, 6) is 1.79. The minimum atomic E-state index is 0.152. The molecule has 2 heterocycles. The number of benzene rings is 1. The van der Waals surface area contributed by atoms with Crippen LogP contribution >= 0.6 is 0 Å². The molecule has 0 radical (unpaired) electrons. The van der Waals surface area contributed by atoms with Crippen LogP contribution in [0.5, 0.6) is 5.75 Å². The Morgan fingerprint density at radius 1 is 1.11 bits per heavy atom. The molecule has 1 aliphatic heterocycles. The molecule has 2 fully saturated rings. The predicted octanol–water partition coefficient (Wildman–Crippen LogP) is 3.47. The molecule has 1 aromatic heterocycles. The first-order valence-electron chi connectivity index (χ1n) is 10.2. The van der Waals surface area contributed by atoms with Crippen molar-refractivity contribution in [2.75, 3.05) is 31.6 Å². The Morgan fingerprint density at radius 3 is 2.63 bits per heavy atom. The molecule has 1 aliphatic carbocycles. The van der Waals surface area contributed by atoms with E-state index in [0.717, 1.165) is 48.8 Å². The highest BCUT2D eigenvalue weighted by Gasteiger charge is 2.27. The number of hydrogen-bond donors (Lipinski definition) is 1. The summed E-state index contributed by atoms with van der Waals surface area (Å²) >= 11 is 0. The van der Waals surface area contributed by atoms with Crippen molar-refractivity contribution in [1.82, 2.24) is 14.9 Å². The number of aromatic nitrogens is 2. The van der Waals surface area contributed by atoms with E-state index < -0.39 is 0 Å². The standard InChI is InChI=1S/C21H30N4O2/c1-15(2)27-18-7-8-20-19(13-18)21(23-14-22-20)24-16-3-5-17(6-4-16)25-9-11-26-12-10-25/h7-8,13-17H,3-6,9-12H2,1-2H3,(H,22,23,24)/t16-,17-. The summed E-state index contributed by atoms with van der Waals surface area (Å²) in [5, 5.41) is 4.71. The molecule has 0 bridgehead atoms. The SMILES string of the molecule is CC(C)Oc1ccc2ncnc(N[C@H]3CC[C@H](N4CCOCC4)CC3)c2c1. The molecule has 1 N–H and O–H groups in total. The Hall–Kier alpha value is -1.92. The van der Waals surface area contributed by atoms with E-state index in [-0.39, 0.29) is 6.10 Å². The lowest BCUT2D eigenvalue weighted by Gasteiger charge is -2.39. The molecule has 2 aliphatic rings. The Morgan fingerprint density at radius 2 is 1.89 bits per heavy atom. The second-order valence-electron chi connectivity index (χ2n) is 7.87. The monoisotopic (exact) mass is 370 g/mol. The molecule has 4 rings (SSSR count). The van der Waals surface area contributed by atoms with Crippen molar-refractivity contribution in [3.63, 3.8) is 0 Å². The average molecular weight is 370 g/mol. The first kappa shape index (κ1) is 18.4. The van der Waals surface area contributed by atoms with Crippen molar-refractivity contribution in [3.8, 4) is 5.75 Å². The molecule has 1 saturated heterocycles. The number of ether oxygens (including phenoxy) is 2. The van der Waals surface area contributed by atoms with Gasteiger partial charge in [-0.1, -0.05) is 0 Å². The number of rotatable bonds is 5. The van der Waals surface area contributed by atoms with Gasteiger partial charge in [-0.25, -0.2) is 9.97 Å². The quantitative estimate of drug-likeness (QED) is 0.870. The van der Waals surface area contributed by atoms with Gasteiger partial charge in [0, 0.05) is 30.6 Å². The molecule has 0 atom stereocenters. The van der Waals surface area contributed by atoms with E-state index in [2.05, 4.69) is 26.3 Å². The number of anilines is 1. The fourth-order valence-corrected chi connectivity index (χ4v) is 4.22. The maximum atomic E-state index is 5.85. The van der Waals surface area contributed by atoms with Crippen LogP contribution in [0.1, 0.15) is 39.5 Å². The zero-order chi connectivity index (χ0) is 18.6. The summed E-state index contributed by atoms with van der Waals surface area (Å²) in [5.41, 5.74) is 0.950. The van der Waals surface area contributed by atoms with Gasteiger partial charge in [0.1, 0.15) is 17.9 Å². The van der Waals surface area contributed by atoms with Gasteiger partial charge in [-0.2, -0.15) is 0 Å². The number of fused-ring (bicyclic) bond motifs is 1. The van der Waals surface area contributed by atoms with Crippen LogP contribution in [0.25, 0.3) is 10.9 Å². The summed E-state index contributed by atoms with van der Waals surface area (Å²) in [7, 11) is 0. The van der Waals surface area contributed by atoms with Crippen LogP contribution in [0, 0.1) is 0 Å².